The molecule has 2 bridgehead atoms. The molecule has 6 nitrogen and oxygen atoms in total. The molecule has 2 aliphatic heterocycles. The van der Waals surface area contributed by atoms with Gasteiger partial charge < -0.3 is 24.4 Å². The maximum atomic E-state index is 12.9. The molecule has 1 N–H and O–H groups in total. The maximum Gasteiger partial charge on any atom is 0.223 e. The second kappa shape index (κ2) is 7.95. The number of rotatable bonds is 6. The number of hydrogen-bond donors (Lipinski definition) is 1. The van der Waals surface area contributed by atoms with Crippen molar-refractivity contribution in [3.8, 4) is 17.2 Å². The number of ether oxygens (including phenoxy) is 3. The summed E-state index contributed by atoms with van der Waals surface area (Å²) in [5.41, 5.74) is 0.966. The normalized spacial score (nSPS) is 22.4. The lowest BCUT2D eigenvalue weighted by Crippen LogP contribution is -2.42. The molecule has 2 aliphatic rings. The third kappa shape index (κ3) is 3.54. The van der Waals surface area contributed by atoms with E-state index in [1.54, 1.807) is 21.3 Å². The van der Waals surface area contributed by atoms with E-state index in [0.29, 0.717) is 42.2 Å². The van der Waals surface area contributed by atoms with Gasteiger partial charge in [-0.25, -0.2) is 0 Å². The highest BCUT2D eigenvalue weighted by molar-refractivity contribution is 5.78. The predicted molar refractivity (Wildman–Crippen MR) is 95.6 cm³/mol. The largest absolute Gasteiger partial charge is 0.493 e. The molecule has 6 heteroatoms. The molecule has 2 atom stereocenters. The highest BCUT2D eigenvalue weighted by Crippen LogP contribution is 2.40. The summed E-state index contributed by atoms with van der Waals surface area (Å²) in [6.45, 7) is 1.93. The Morgan fingerprint density at radius 1 is 1.08 bits per heavy atom. The number of amides is 1. The first-order chi connectivity index (χ1) is 12.2. The molecule has 2 heterocycles. The van der Waals surface area contributed by atoms with Crippen LogP contribution in [0.2, 0.25) is 0 Å². The van der Waals surface area contributed by atoms with Gasteiger partial charge in [0.1, 0.15) is 0 Å². The zero-order chi connectivity index (χ0) is 17.8. The minimum Gasteiger partial charge on any atom is -0.493 e. The number of hydrogen-bond acceptors (Lipinski definition) is 5. The molecule has 2 unspecified atom stereocenters. The number of aryl methyl sites for hydroxylation is 1. The van der Waals surface area contributed by atoms with Crippen molar-refractivity contribution in [1.82, 2.24) is 10.2 Å². The lowest BCUT2D eigenvalue weighted by molar-refractivity contribution is -0.133. The molecular weight excluding hydrogens is 320 g/mol. The Bertz CT molecular complexity index is 606. The molecule has 1 aromatic rings. The van der Waals surface area contributed by atoms with Crippen LogP contribution in [0.4, 0.5) is 0 Å². The Morgan fingerprint density at radius 2 is 1.84 bits per heavy atom. The number of carbonyl (C=O) groups excluding carboxylic acids is 1. The fourth-order valence-electron chi connectivity index (χ4n) is 4.12. The Labute approximate surface area is 149 Å². The van der Waals surface area contributed by atoms with Crippen molar-refractivity contribution in [3.05, 3.63) is 17.7 Å². The topological polar surface area (TPSA) is 60.0 Å². The van der Waals surface area contributed by atoms with E-state index in [-0.39, 0.29) is 5.91 Å². The smallest absolute Gasteiger partial charge is 0.223 e. The zero-order valence-corrected chi connectivity index (χ0v) is 15.3. The van der Waals surface area contributed by atoms with E-state index < -0.39 is 0 Å². The molecule has 0 aromatic heterocycles. The van der Waals surface area contributed by atoms with E-state index in [9.17, 15) is 4.79 Å². The molecule has 0 spiro atoms. The summed E-state index contributed by atoms with van der Waals surface area (Å²) in [6.07, 6.45) is 4.42. The number of fused-ring (bicyclic) bond motifs is 2. The molecular formula is C19H28N2O4. The number of nitrogens with one attached hydrogen (secondary N) is 1. The molecule has 0 saturated carbocycles. The summed E-state index contributed by atoms with van der Waals surface area (Å²) in [7, 11) is 4.81. The van der Waals surface area contributed by atoms with Crippen LogP contribution >= 0.6 is 0 Å². The average Bonchev–Trinajstić information content (AvgIpc) is 2.91. The van der Waals surface area contributed by atoms with Gasteiger partial charge in [0.05, 0.1) is 21.3 Å². The fourth-order valence-corrected chi connectivity index (χ4v) is 4.12. The van der Waals surface area contributed by atoms with Crippen LogP contribution in [0.3, 0.4) is 0 Å². The van der Waals surface area contributed by atoms with Crippen LogP contribution in [0.5, 0.6) is 17.2 Å². The third-order valence-corrected chi connectivity index (χ3v) is 5.34. The van der Waals surface area contributed by atoms with Crippen molar-refractivity contribution in [3.63, 3.8) is 0 Å². The summed E-state index contributed by atoms with van der Waals surface area (Å²) >= 11 is 0. The van der Waals surface area contributed by atoms with Crippen molar-refractivity contribution < 1.29 is 19.0 Å². The van der Waals surface area contributed by atoms with Crippen LogP contribution in [-0.2, 0) is 11.2 Å². The average molecular weight is 348 g/mol. The van der Waals surface area contributed by atoms with Crippen LogP contribution in [0.1, 0.15) is 31.2 Å². The summed E-state index contributed by atoms with van der Waals surface area (Å²) in [6, 6.07) is 4.57. The molecule has 0 radical (unpaired) electrons. The molecule has 2 fully saturated rings. The quantitative estimate of drug-likeness (QED) is 0.852. The molecule has 1 aromatic carbocycles. The lowest BCUT2D eigenvalue weighted by atomic mass is 10.1. The monoisotopic (exact) mass is 348 g/mol. The van der Waals surface area contributed by atoms with Gasteiger partial charge in [0.15, 0.2) is 11.5 Å². The van der Waals surface area contributed by atoms with Crippen molar-refractivity contribution in [2.45, 2.75) is 44.2 Å². The summed E-state index contributed by atoms with van der Waals surface area (Å²) in [4.78, 5) is 15.0. The van der Waals surface area contributed by atoms with Crippen molar-refractivity contribution >= 4 is 5.91 Å². The van der Waals surface area contributed by atoms with Crippen LogP contribution < -0.4 is 19.5 Å². The van der Waals surface area contributed by atoms with Gasteiger partial charge in [0, 0.05) is 25.0 Å². The van der Waals surface area contributed by atoms with Gasteiger partial charge in [0.25, 0.3) is 0 Å². The fraction of sp³-hybridized carbons (Fsp3) is 0.632. The number of nitrogens with zero attached hydrogens (tertiary/aromatic N) is 1. The van der Waals surface area contributed by atoms with E-state index in [2.05, 4.69) is 10.2 Å². The molecule has 138 valence electrons. The van der Waals surface area contributed by atoms with E-state index in [4.69, 9.17) is 14.2 Å². The van der Waals surface area contributed by atoms with Crippen LogP contribution in [0.25, 0.3) is 0 Å². The first-order valence-corrected chi connectivity index (χ1v) is 8.99. The van der Waals surface area contributed by atoms with Gasteiger partial charge in [-0.1, -0.05) is 6.07 Å². The summed E-state index contributed by atoms with van der Waals surface area (Å²) < 4.78 is 16.3. The highest BCUT2D eigenvalue weighted by atomic mass is 16.5. The van der Waals surface area contributed by atoms with Crippen LogP contribution in [0, 0.1) is 0 Å². The van der Waals surface area contributed by atoms with Crippen molar-refractivity contribution in [2.24, 2.45) is 0 Å². The van der Waals surface area contributed by atoms with Crippen LogP contribution in [0.15, 0.2) is 12.1 Å². The summed E-state index contributed by atoms with van der Waals surface area (Å²) in [5.74, 6) is 2.10. The molecule has 2 saturated heterocycles. The Hall–Kier alpha value is -1.95. The lowest BCUT2D eigenvalue weighted by Gasteiger charge is -2.28. The van der Waals surface area contributed by atoms with Gasteiger partial charge in [0.2, 0.25) is 11.7 Å². The second-order valence-corrected chi connectivity index (χ2v) is 6.67. The Morgan fingerprint density at radius 3 is 2.56 bits per heavy atom. The molecule has 0 aliphatic carbocycles. The Balaban J connectivity index is 1.72. The molecule has 1 amide bonds. The van der Waals surface area contributed by atoms with E-state index >= 15 is 0 Å². The zero-order valence-electron chi connectivity index (χ0n) is 15.3. The van der Waals surface area contributed by atoms with Gasteiger partial charge in [-0.2, -0.15) is 0 Å². The summed E-state index contributed by atoms with van der Waals surface area (Å²) in [5, 5.41) is 3.44. The number of benzene rings is 1. The van der Waals surface area contributed by atoms with E-state index in [1.165, 1.54) is 0 Å². The minimum atomic E-state index is 0.244. The van der Waals surface area contributed by atoms with Gasteiger partial charge in [-0.05, 0) is 43.9 Å². The van der Waals surface area contributed by atoms with Crippen LogP contribution in [-0.4, -0.2) is 57.3 Å². The maximum absolute atomic E-state index is 12.9. The van der Waals surface area contributed by atoms with E-state index in [1.807, 2.05) is 12.1 Å². The standard InChI is InChI=1S/C19H28N2O4/c1-23-16-8-4-13(18(24-2)19(16)25-3)5-9-17(22)21-14-6-7-15(21)12-20-11-10-14/h4,8,14-15,20H,5-7,9-12H2,1-3H3. The minimum absolute atomic E-state index is 0.244. The third-order valence-electron chi connectivity index (χ3n) is 5.34. The van der Waals surface area contributed by atoms with Gasteiger partial charge >= 0.3 is 0 Å². The first-order valence-electron chi connectivity index (χ1n) is 8.99. The number of carbonyl (C=O) groups is 1. The van der Waals surface area contributed by atoms with Gasteiger partial charge in [-0.3, -0.25) is 4.79 Å². The number of methoxy groups -OCH3 is 3. The Kier molecular flexibility index (Phi) is 5.68. The van der Waals surface area contributed by atoms with Crippen molar-refractivity contribution in [1.29, 1.82) is 0 Å². The molecule has 3 rings (SSSR count). The van der Waals surface area contributed by atoms with Gasteiger partial charge in [-0.15, -0.1) is 0 Å². The predicted octanol–water partition coefficient (Wildman–Crippen LogP) is 2.00. The SMILES string of the molecule is COc1ccc(CCC(=O)N2C3CCNCC2CC3)c(OC)c1OC. The van der Waals surface area contributed by atoms with E-state index in [0.717, 1.165) is 37.9 Å². The molecule has 25 heavy (non-hydrogen) atoms. The highest BCUT2D eigenvalue weighted by Gasteiger charge is 2.37. The second-order valence-electron chi connectivity index (χ2n) is 6.67. The van der Waals surface area contributed by atoms with Crippen molar-refractivity contribution in [2.75, 3.05) is 34.4 Å². The first kappa shape index (κ1) is 17.9.